The molecule has 0 radical (unpaired) electrons. The van der Waals surface area contributed by atoms with Crippen LogP contribution in [0.3, 0.4) is 0 Å². The average molecular weight is 368 g/mol. The highest BCUT2D eigenvalue weighted by atomic mass is 16.2. The van der Waals surface area contributed by atoms with Crippen LogP contribution in [0.4, 0.5) is 5.95 Å². The molecule has 2 aromatic heterocycles. The number of anilines is 1. The zero-order valence-electron chi connectivity index (χ0n) is 15.3. The van der Waals surface area contributed by atoms with Crippen molar-refractivity contribution >= 4 is 28.8 Å². The lowest BCUT2D eigenvalue weighted by Gasteiger charge is -2.42. The minimum absolute atomic E-state index is 0.00902. The van der Waals surface area contributed by atoms with Gasteiger partial charge < -0.3 is 20.5 Å². The van der Waals surface area contributed by atoms with Crippen LogP contribution in [0.25, 0.3) is 11.0 Å². The number of aromatic nitrogens is 3. The summed E-state index contributed by atoms with van der Waals surface area (Å²) in [5.74, 6) is 0.387. The molecule has 1 unspecified atom stereocenters. The van der Waals surface area contributed by atoms with Gasteiger partial charge in [-0.3, -0.25) is 9.59 Å². The molecule has 0 aromatic carbocycles. The molecule has 1 atom stereocenters. The van der Waals surface area contributed by atoms with E-state index in [-0.39, 0.29) is 23.4 Å². The molecule has 3 aliphatic rings. The van der Waals surface area contributed by atoms with Crippen LogP contribution < -0.4 is 16.0 Å². The lowest BCUT2D eigenvalue weighted by atomic mass is 9.80. The number of piperidine rings is 1. The number of carbonyl (C=O) groups excluding carboxylic acids is 2. The van der Waals surface area contributed by atoms with Crippen LogP contribution in [0.5, 0.6) is 0 Å². The van der Waals surface area contributed by atoms with Gasteiger partial charge in [0, 0.05) is 24.7 Å². The molecule has 1 saturated carbocycles. The Morgan fingerprint density at radius 3 is 2.81 bits per heavy atom. The van der Waals surface area contributed by atoms with E-state index < -0.39 is 0 Å². The summed E-state index contributed by atoms with van der Waals surface area (Å²) in [6, 6.07) is 1.58. The molecule has 2 fully saturated rings. The van der Waals surface area contributed by atoms with E-state index in [0.717, 1.165) is 56.1 Å². The van der Waals surface area contributed by atoms with Gasteiger partial charge in [0.1, 0.15) is 17.4 Å². The Labute approximate surface area is 157 Å². The molecule has 4 heterocycles. The van der Waals surface area contributed by atoms with Crippen molar-refractivity contribution in [2.75, 3.05) is 18.4 Å². The minimum Gasteiger partial charge on any atom is -0.354 e. The molecule has 5 rings (SSSR count). The van der Waals surface area contributed by atoms with Gasteiger partial charge in [-0.25, -0.2) is 4.98 Å². The Kier molecular flexibility index (Phi) is 3.80. The number of nitrogens with zero attached hydrogens (tertiary/aromatic N) is 3. The Morgan fingerprint density at radius 1 is 1.15 bits per heavy atom. The van der Waals surface area contributed by atoms with Gasteiger partial charge in [-0.1, -0.05) is 19.3 Å². The number of hydrogen-bond acceptors (Lipinski definition) is 5. The number of fused-ring (bicyclic) bond motifs is 4. The van der Waals surface area contributed by atoms with Gasteiger partial charge in [0.15, 0.2) is 0 Å². The highest BCUT2D eigenvalue weighted by Gasteiger charge is 2.41. The maximum absolute atomic E-state index is 12.5. The summed E-state index contributed by atoms with van der Waals surface area (Å²) in [7, 11) is 0. The first kappa shape index (κ1) is 16.5. The molecule has 1 saturated heterocycles. The monoisotopic (exact) mass is 368 g/mol. The fraction of sp³-hybridized carbons (Fsp3) is 0.579. The van der Waals surface area contributed by atoms with E-state index >= 15 is 0 Å². The number of nitrogens with one attached hydrogen (secondary N) is 3. The Morgan fingerprint density at radius 2 is 2.00 bits per heavy atom. The van der Waals surface area contributed by atoms with Crippen molar-refractivity contribution in [1.29, 1.82) is 0 Å². The third kappa shape index (κ3) is 2.65. The molecule has 1 aliphatic carbocycles. The lowest BCUT2D eigenvalue weighted by Crippen LogP contribution is -2.52. The highest BCUT2D eigenvalue weighted by Crippen LogP contribution is 2.40. The maximum Gasteiger partial charge on any atom is 0.268 e. The molecule has 0 bridgehead atoms. The predicted molar refractivity (Wildman–Crippen MR) is 101 cm³/mol. The van der Waals surface area contributed by atoms with Crippen molar-refractivity contribution in [3.05, 3.63) is 18.0 Å². The fourth-order valence-corrected chi connectivity index (χ4v) is 4.80. The number of carbonyl (C=O) groups is 2. The molecule has 2 aliphatic heterocycles. The predicted octanol–water partition coefficient (Wildman–Crippen LogP) is 1.52. The maximum atomic E-state index is 12.5. The summed E-state index contributed by atoms with van der Waals surface area (Å²) >= 11 is 0. The first-order valence-corrected chi connectivity index (χ1v) is 9.88. The second kappa shape index (κ2) is 6.21. The molecule has 8 heteroatoms. The zero-order valence-corrected chi connectivity index (χ0v) is 15.3. The second-order valence-corrected chi connectivity index (χ2v) is 7.94. The zero-order chi connectivity index (χ0) is 18.4. The molecular weight excluding hydrogens is 344 g/mol. The second-order valence-electron chi connectivity index (χ2n) is 7.94. The van der Waals surface area contributed by atoms with Crippen LogP contribution >= 0.6 is 0 Å². The Balaban J connectivity index is 1.57. The van der Waals surface area contributed by atoms with E-state index in [1.165, 1.54) is 6.42 Å². The van der Waals surface area contributed by atoms with Gasteiger partial charge in [0.05, 0.1) is 5.54 Å². The molecule has 2 aromatic rings. The van der Waals surface area contributed by atoms with Gasteiger partial charge in [-0.2, -0.15) is 4.98 Å². The molecule has 1 spiro atoms. The SMILES string of the molecule is O=C1NCC2(CCCCC2)n2c1cc1cnc(NC3CCCNC3=O)nc12. The van der Waals surface area contributed by atoms with E-state index in [1.54, 1.807) is 6.20 Å². The van der Waals surface area contributed by atoms with Crippen LogP contribution in [-0.2, 0) is 10.3 Å². The van der Waals surface area contributed by atoms with Gasteiger partial charge in [0.2, 0.25) is 11.9 Å². The summed E-state index contributed by atoms with van der Waals surface area (Å²) in [4.78, 5) is 33.7. The van der Waals surface area contributed by atoms with Gasteiger partial charge in [0.25, 0.3) is 5.91 Å². The largest absolute Gasteiger partial charge is 0.354 e. The first-order valence-electron chi connectivity index (χ1n) is 9.88. The number of amides is 2. The van der Waals surface area contributed by atoms with Crippen molar-refractivity contribution in [2.45, 2.75) is 56.5 Å². The highest BCUT2D eigenvalue weighted by molar-refractivity contribution is 5.99. The molecular formula is C19H24N6O2. The van der Waals surface area contributed by atoms with Crippen molar-refractivity contribution in [2.24, 2.45) is 0 Å². The molecule has 2 amide bonds. The molecule has 27 heavy (non-hydrogen) atoms. The smallest absolute Gasteiger partial charge is 0.268 e. The summed E-state index contributed by atoms with van der Waals surface area (Å²) in [6.07, 6.45) is 9.11. The number of rotatable bonds is 2. The molecule has 142 valence electrons. The Hall–Kier alpha value is -2.64. The first-order chi connectivity index (χ1) is 13.2. The third-order valence-electron chi connectivity index (χ3n) is 6.20. The van der Waals surface area contributed by atoms with Gasteiger partial charge in [-0.15, -0.1) is 0 Å². The summed E-state index contributed by atoms with van der Waals surface area (Å²) in [6.45, 7) is 1.38. The normalized spacial score (nSPS) is 24.4. The third-order valence-corrected chi connectivity index (χ3v) is 6.20. The standard InChI is InChI=1S/C19H24N6O2/c26-16-13(5-4-8-20-16)23-18-21-10-12-9-14-17(27)22-11-19(6-2-1-3-7-19)25(14)15(12)24-18/h9-10,13H,1-8,11H2,(H,20,26)(H,22,27)(H,21,23,24). The van der Waals surface area contributed by atoms with E-state index in [4.69, 9.17) is 4.98 Å². The van der Waals surface area contributed by atoms with E-state index in [2.05, 4.69) is 25.5 Å². The molecule has 8 nitrogen and oxygen atoms in total. The summed E-state index contributed by atoms with van der Waals surface area (Å²) < 4.78 is 2.15. The minimum atomic E-state index is -0.307. The number of hydrogen-bond donors (Lipinski definition) is 3. The van der Waals surface area contributed by atoms with E-state index in [9.17, 15) is 9.59 Å². The summed E-state index contributed by atoms with van der Waals surface area (Å²) in [5, 5.41) is 9.98. The van der Waals surface area contributed by atoms with Crippen LogP contribution in [-0.4, -0.2) is 45.5 Å². The molecule has 3 N–H and O–H groups in total. The van der Waals surface area contributed by atoms with Crippen molar-refractivity contribution < 1.29 is 9.59 Å². The summed E-state index contributed by atoms with van der Waals surface area (Å²) in [5.41, 5.74) is 1.35. The fourth-order valence-electron chi connectivity index (χ4n) is 4.80. The van der Waals surface area contributed by atoms with Crippen molar-refractivity contribution in [3.8, 4) is 0 Å². The lowest BCUT2D eigenvalue weighted by molar-refractivity contribution is -0.123. The van der Waals surface area contributed by atoms with Crippen LogP contribution in [0.2, 0.25) is 0 Å². The topological polar surface area (TPSA) is 101 Å². The van der Waals surface area contributed by atoms with Gasteiger partial charge in [-0.05, 0) is 31.7 Å². The average Bonchev–Trinajstić information content (AvgIpc) is 3.08. The van der Waals surface area contributed by atoms with Crippen LogP contribution in [0.15, 0.2) is 12.3 Å². The Bertz CT molecular complexity index is 914. The quantitative estimate of drug-likeness (QED) is 0.746. The van der Waals surface area contributed by atoms with Gasteiger partial charge >= 0.3 is 0 Å². The van der Waals surface area contributed by atoms with Crippen molar-refractivity contribution in [1.82, 2.24) is 25.2 Å². The van der Waals surface area contributed by atoms with E-state index in [0.29, 0.717) is 18.2 Å². The van der Waals surface area contributed by atoms with Crippen LogP contribution in [0, 0.1) is 0 Å². The van der Waals surface area contributed by atoms with E-state index in [1.807, 2.05) is 6.07 Å². The van der Waals surface area contributed by atoms with Crippen molar-refractivity contribution in [3.63, 3.8) is 0 Å². The van der Waals surface area contributed by atoms with Crippen LogP contribution in [0.1, 0.15) is 55.4 Å².